The van der Waals surface area contributed by atoms with Gasteiger partial charge in [-0.2, -0.15) is 5.10 Å². The van der Waals surface area contributed by atoms with Crippen LogP contribution in [0.5, 0.6) is 0 Å². The van der Waals surface area contributed by atoms with Gasteiger partial charge in [0.1, 0.15) is 5.56 Å². The number of hydrogen-bond acceptors (Lipinski definition) is 4. The van der Waals surface area contributed by atoms with Crippen molar-refractivity contribution in [2.45, 2.75) is 6.54 Å². The molecule has 148 valence electrons. The first kappa shape index (κ1) is 19.1. The highest BCUT2D eigenvalue weighted by molar-refractivity contribution is 6.01. The van der Waals surface area contributed by atoms with Gasteiger partial charge in [-0.1, -0.05) is 60.7 Å². The maximum Gasteiger partial charge on any atom is 0.282 e. The quantitative estimate of drug-likeness (QED) is 0.297. The first-order chi connectivity index (χ1) is 14.6. The molecule has 0 atom stereocenters. The predicted octanol–water partition coefficient (Wildman–Crippen LogP) is 4.36. The minimum Gasteiger partial charge on any atom is -0.342 e. The van der Waals surface area contributed by atoms with Crippen LogP contribution in [0, 0.1) is 10.1 Å². The maximum absolute atomic E-state index is 12.3. The van der Waals surface area contributed by atoms with E-state index in [1.54, 1.807) is 12.3 Å². The molecule has 4 rings (SSSR count). The molecule has 0 radical (unpaired) electrons. The van der Waals surface area contributed by atoms with Gasteiger partial charge in [0, 0.05) is 35.3 Å². The molecule has 0 aliphatic carbocycles. The van der Waals surface area contributed by atoms with E-state index in [4.69, 9.17) is 0 Å². The van der Waals surface area contributed by atoms with Crippen LogP contribution in [-0.4, -0.2) is 21.6 Å². The SMILES string of the molecule is O=C(N/N=C/c1cn(Cc2ccccc2)c2ccccc12)c1ccccc1[N+](=O)[O-]. The minimum absolute atomic E-state index is 0.0360. The van der Waals surface area contributed by atoms with E-state index in [1.807, 2.05) is 48.7 Å². The van der Waals surface area contributed by atoms with Gasteiger partial charge in [-0.05, 0) is 17.7 Å². The van der Waals surface area contributed by atoms with Crippen LogP contribution < -0.4 is 5.43 Å². The second-order valence-electron chi connectivity index (χ2n) is 6.69. The summed E-state index contributed by atoms with van der Waals surface area (Å²) in [5, 5.41) is 16.1. The third-order valence-corrected chi connectivity index (χ3v) is 4.73. The van der Waals surface area contributed by atoms with Crippen LogP contribution >= 0.6 is 0 Å². The Labute approximate surface area is 172 Å². The summed E-state index contributed by atoms with van der Waals surface area (Å²) in [6.07, 6.45) is 3.52. The summed E-state index contributed by atoms with van der Waals surface area (Å²) in [4.78, 5) is 22.9. The number of rotatable bonds is 6. The van der Waals surface area contributed by atoms with Gasteiger partial charge in [-0.25, -0.2) is 5.43 Å². The van der Waals surface area contributed by atoms with E-state index in [-0.39, 0.29) is 11.3 Å². The molecule has 1 amide bonds. The van der Waals surface area contributed by atoms with Crippen LogP contribution in [0.15, 0.2) is 90.2 Å². The number of nitro groups is 1. The minimum atomic E-state index is -0.633. The monoisotopic (exact) mass is 398 g/mol. The number of benzene rings is 3. The summed E-state index contributed by atoms with van der Waals surface area (Å²) >= 11 is 0. The van der Waals surface area contributed by atoms with Crippen molar-refractivity contribution in [3.05, 3.63) is 112 Å². The van der Waals surface area contributed by atoms with Crippen molar-refractivity contribution < 1.29 is 9.72 Å². The van der Waals surface area contributed by atoms with Crippen molar-refractivity contribution in [3.63, 3.8) is 0 Å². The van der Waals surface area contributed by atoms with Crippen LogP contribution in [0.25, 0.3) is 10.9 Å². The Balaban J connectivity index is 1.58. The highest BCUT2D eigenvalue weighted by Gasteiger charge is 2.18. The molecule has 0 spiro atoms. The van der Waals surface area contributed by atoms with E-state index in [1.165, 1.54) is 23.8 Å². The van der Waals surface area contributed by atoms with Crippen LogP contribution in [0.2, 0.25) is 0 Å². The van der Waals surface area contributed by atoms with E-state index in [9.17, 15) is 14.9 Å². The Hall–Kier alpha value is -4.26. The predicted molar refractivity (Wildman–Crippen MR) is 116 cm³/mol. The molecular formula is C23H18N4O3. The van der Waals surface area contributed by atoms with Gasteiger partial charge in [-0.3, -0.25) is 14.9 Å². The Morgan fingerprint density at radius 1 is 1.00 bits per heavy atom. The number of nitro benzene ring substituents is 1. The highest BCUT2D eigenvalue weighted by Crippen LogP contribution is 2.21. The summed E-state index contributed by atoms with van der Waals surface area (Å²) in [6.45, 7) is 0.706. The number of carbonyl (C=O) groups excluding carboxylic acids is 1. The number of para-hydroxylation sites is 2. The summed E-state index contributed by atoms with van der Waals surface area (Å²) in [6, 6.07) is 23.8. The van der Waals surface area contributed by atoms with Gasteiger partial charge in [0.05, 0.1) is 11.1 Å². The van der Waals surface area contributed by atoms with Crippen molar-refractivity contribution >= 4 is 28.7 Å². The highest BCUT2D eigenvalue weighted by atomic mass is 16.6. The Bertz CT molecular complexity index is 1250. The molecule has 3 aromatic carbocycles. The summed E-state index contributed by atoms with van der Waals surface area (Å²) < 4.78 is 2.12. The van der Waals surface area contributed by atoms with E-state index < -0.39 is 10.8 Å². The first-order valence-corrected chi connectivity index (χ1v) is 9.32. The molecule has 1 aromatic heterocycles. The molecule has 7 heteroatoms. The third kappa shape index (κ3) is 3.95. The average molecular weight is 398 g/mol. The second-order valence-corrected chi connectivity index (χ2v) is 6.69. The van der Waals surface area contributed by atoms with E-state index >= 15 is 0 Å². The number of nitrogens with zero attached hydrogens (tertiary/aromatic N) is 3. The van der Waals surface area contributed by atoms with Gasteiger partial charge >= 0.3 is 0 Å². The zero-order chi connectivity index (χ0) is 20.9. The lowest BCUT2D eigenvalue weighted by atomic mass is 10.2. The largest absolute Gasteiger partial charge is 0.342 e. The topological polar surface area (TPSA) is 89.5 Å². The maximum atomic E-state index is 12.3. The standard InChI is InChI=1S/C23H18N4O3/c28-23(20-11-5-7-13-22(20)27(29)30)25-24-14-18-16-26(15-17-8-2-1-3-9-17)21-12-6-4-10-19(18)21/h1-14,16H,15H2,(H,25,28)/b24-14+. The number of nitrogens with one attached hydrogen (secondary N) is 1. The zero-order valence-corrected chi connectivity index (χ0v) is 15.9. The molecule has 7 nitrogen and oxygen atoms in total. The van der Waals surface area contributed by atoms with Gasteiger partial charge in [-0.15, -0.1) is 0 Å². The fourth-order valence-corrected chi connectivity index (χ4v) is 3.33. The molecule has 0 saturated carbocycles. The van der Waals surface area contributed by atoms with Crippen molar-refractivity contribution in [2.24, 2.45) is 5.10 Å². The van der Waals surface area contributed by atoms with E-state index in [0.29, 0.717) is 6.54 Å². The molecule has 0 saturated heterocycles. The molecule has 0 aliphatic heterocycles. The number of fused-ring (bicyclic) bond motifs is 1. The molecule has 0 fully saturated rings. The normalized spacial score (nSPS) is 11.1. The first-order valence-electron chi connectivity index (χ1n) is 9.32. The van der Waals surface area contributed by atoms with E-state index in [0.717, 1.165) is 16.5 Å². The molecule has 1 N–H and O–H groups in total. The molecule has 0 unspecified atom stereocenters. The molecular weight excluding hydrogens is 380 g/mol. The van der Waals surface area contributed by atoms with E-state index in [2.05, 4.69) is 27.2 Å². The Kier molecular flexibility index (Phi) is 5.34. The Morgan fingerprint density at radius 3 is 2.50 bits per heavy atom. The summed E-state index contributed by atoms with van der Waals surface area (Å²) in [5.74, 6) is -0.633. The van der Waals surface area contributed by atoms with Crippen molar-refractivity contribution in [1.82, 2.24) is 9.99 Å². The smallest absolute Gasteiger partial charge is 0.282 e. The summed E-state index contributed by atoms with van der Waals surface area (Å²) in [7, 11) is 0. The van der Waals surface area contributed by atoms with Gasteiger partial charge in [0.2, 0.25) is 0 Å². The van der Waals surface area contributed by atoms with Gasteiger partial charge in [0.15, 0.2) is 0 Å². The van der Waals surface area contributed by atoms with Crippen LogP contribution in [0.3, 0.4) is 0 Å². The van der Waals surface area contributed by atoms with Crippen molar-refractivity contribution in [2.75, 3.05) is 0 Å². The van der Waals surface area contributed by atoms with Crippen LogP contribution in [0.4, 0.5) is 5.69 Å². The molecule has 0 aliphatic rings. The molecule has 1 heterocycles. The lowest BCUT2D eigenvalue weighted by Crippen LogP contribution is -2.18. The number of amides is 1. The molecule has 0 bridgehead atoms. The van der Waals surface area contributed by atoms with Crippen LogP contribution in [-0.2, 0) is 6.54 Å². The Morgan fingerprint density at radius 2 is 1.70 bits per heavy atom. The number of hydrogen-bond donors (Lipinski definition) is 1. The summed E-state index contributed by atoms with van der Waals surface area (Å²) in [5.41, 5.74) is 5.15. The average Bonchev–Trinajstić information content (AvgIpc) is 3.12. The molecule has 30 heavy (non-hydrogen) atoms. The third-order valence-electron chi connectivity index (χ3n) is 4.73. The molecule has 4 aromatic rings. The fraction of sp³-hybridized carbons (Fsp3) is 0.0435. The van der Waals surface area contributed by atoms with Crippen molar-refractivity contribution in [3.8, 4) is 0 Å². The van der Waals surface area contributed by atoms with Crippen molar-refractivity contribution in [1.29, 1.82) is 0 Å². The fourth-order valence-electron chi connectivity index (χ4n) is 3.33. The number of aromatic nitrogens is 1. The second kappa shape index (κ2) is 8.40. The van der Waals surface area contributed by atoms with Gasteiger partial charge < -0.3 is 4.57 Å². The number of carbonyl (C=O) groups is 1. The van der Waals surface area contributed by atoms with Gasteiger partial charge in [0.25, 0.3) is 11.6 Å². The number of hydrazone groups is 1. The zero-order valence-electron chi connectivity index (χ0n) is 15.9. The lowest BCUT2D eigenvalue weighted by Gasteiger charge is -2.05. The van der Waals surface area contributed by atoms with Crippen LogP contribution in [0.1, 0.15) is 21.5 Å². The lowest BCUT2D eigenvalue weighted by molar-refractivity contribution is -0.385.